The second-order valence-corrected chi connectivity index (χ2v) is 16.9. The number of benzene rings is 1. The molecule has 0 fully saturated rings. The number of allylic oxidation sites excluding steroid dienone is 8. The van der Waals surface area contributed by atoms with Gasteiger partial charge in [0.2, 0.25) is 5.91 Å². The summed E-state index contributed by atoms with van der Waals surface area (Å²) in [5.41, 5.74) is 11.8. The molecule has 0 heterocycles. The second-order valence-electron chi connectivity index (χ2n) is 16.9. The van der Waals surface area contributed by atoms with Crippen LogP contribution in [-0.4, -0.2) is 67.8 Å². The van der Waals surface area contributed by atoms with E-state index in [2.05, 4.69) is 143 Å². The molecule has 0 spiro atoms. The van der Waals surface area contributed by atoms with Crippen molar-refractivity contribution in [2.45, 2.75) is 198 Å². The number of aryl methyl sites for hydroxylation is 3. The normalized spacial score (nSPS) is 12.0. The minimum Gasteiger partial charge on any atom is -0.480 e. The van der Waals surface area contributed by atoms with E-state index in [4.69, 9.17) is 10.8 Å². The lowest BCUT2D eigenvalue weighted by Crippen LogP contribution is -2.31. The van der Waals surface area contributed by atoms with Crippen molar-refractivity contribution >= 4 is 11.9 Å². The number of hydrogen-bond donors (Lipinski definition) is 4. The molecule has 1 aromatic carbocycles. The van der Waals surface area contributed by atoms with Crippen LogP contribution in [0.2, 0.25) is 0 Å². The Morgan fingerprint density at radius 3 is 1.94 bits per heavy atom. The number of fused-ring (bicyclic) bond motifs is 1. The SMILES string of the molecule is C=C/C(=C\CCC)CC.CCC(O)C/C(=C/CCC=C/C=C\CC(C)C)C(N)=O.CCCC.CCCC.COC#CNC(C)(C)C.COCCOCC(=O)O.Cc1ccc2c(c1)CCC2. The molecule has 376 valence electrons. The monoisotopic (exact) mass is 913 g/mol. The van der Waals surface area contributed by atoms with E-state index in [0.29, 0.717) is 37.5 Å². The predicted molar refractivity (Wildman–Crippen MR) is 281 cm³/mol. The molecule has 2 rings (SSSR count). The number of carbonyl (C=O) groups is 2. The summed E-state index contributed by atoms with van der Waals surface area (Å²) in [5, 5.41) is 20.5. The molecule has 0 bridgehead atoms. The summed E-state index contributed by atoms with van der Waals surface area (Å²) >= 11 is 0. The summed E-state index contributed by atoms with van der Waals surface area (Å²) in [7, 11) is 3.07. The Morgan fingerprint density at radius 1 is 0.877 bits per heavy atom. The van der Waals surface area contributed by atoms with E-state index in [0.717, 1.165) is 25.7 Å². The molecule has 0 saturated heterocycles. The van der Waals surface area contributed by atoms with Crippen molar-refractivity contribution in [3.63, 3.8) is 0 Å². The van der Waals surface area contributed by atoms with Crippen molar-refractivity contribution in [1.29, 1.82) is 0 Å². The number of primary amides is 1. The van der Waals surface area contributed by atoms with E-state index in [-0.39, 0.29) is 12.1 Å². The van der Waals surface area contributed by atoms with E-state index in [9.17, 15) is 14.7 Å². The number of nitrogens with one attached hydrogen (secondary N) is 1. The first-order valence-electron chi connectivity index (χ1n) is 24.3. The fraction of sp³-hybridized carbons (Fsp3) is 0.643. The van der Waals surface area contributed by atoms with Gasteiger partial charge in [0.15, 0.2) is 0 Å². The van der Waals surface area contributed by atoms with Gasteiger partial charge in [-0.2, -0.15) is 0 Å². The van der Waals surface area contributed by atoms with Crippen LogP contribution in [0.1, 0.15) is 183 Å². The molecule has 0 aliphatic heterocycles. The second kappa shape index (κ2) is 52.5. The molecule has 0 aromatic heterocycles. The summed E-state index contributed by atoms with van der Waals surface area (Å²) in [6.07, 6.45) is 32.8. The molecule has 9 nitrogen and oxygen atoms in total. The van der Waals surface area contributed by atoms with Crippen LogP contribution in [-0.2, 0) is 36.6 Å². The quantitative estimate of drug-likeness (QED) is 0.0314. The van der Waals surface area contributed by atoms with Crippen LogP contribution in [0.15, 0.2) is 78.5 Å². The molecule has 1 amide bonds. The molecule has 5 N–H and O–H groups in total. The number of carboxylic acids is 1. The third kappa shape index (κ3) is 59.9. The van der Waals surface area contributed by atoms with Crippen LogP contribution >= 0.6 is 0 Å². The number of aliphatic carboxylic acids is 1. The number of aliphatic hydroxyl groups excluding tert-OH is 1. The molecule has 1 atom stereocenters. The zero-order valence-electron chi connectivity index (χ0n) is 44.4. The maximum atomic E-state index is 11.2. The Kier molecular flexibility index (Phi) is 56.5. The van der Waals surface area contributed by atoms with Crippen LogP contribution in [0, 0.1) is 25.0 Å². The maximum absolute atomic E-state index is 11.2. The first kappa shape index (κ1) is 69.9. The highest BCUT2D eigenvalue weighted by molar-refractivity contribution is 5.91. The predicted octanol–water partition coefficient (Wildman–Crippen LogP) is 13.6. The molecule has 0 radical (unpaired) electrons. The first-order chi connectivity index (χ1) is 30.8. The lowest BCUT2D eigenvalue weighted by molar-refractivity contribution is -0.142. The Hall–Kier alpha value is -4.10. The van der Waals surface area contributed by atoms with Gasteiger partial charge in [-0.15, -0.1) is 0 Å². The van der Waals surface area contributed by atoms with Gasteiger partial charge in [0.25, 0.3) is 0 Å². The van der Waals surface area contributed by atoms with Crippen molar-refractivity contribution in [3.05, 3.63) is 95.1 Å². The van der Waals surface area contributed by atoms with Gasteiger partial charge >= 0.3 is 5.97 Å². The highest BCUT2D eigenvalue weighted by atomic mass is 16.5. The third-order valence-corrected chi connectivity index (χ3v) is 8.83. The average molecular weight is 913 g/mol. The molecule has 1 aliphatic carbocycles. The van der Waals surface area contributed by atoms with Crippen LogP contribution in [0.5, 0.6) is 0 Å². The standard InChI is InChI=1S/C17H29NO2.C10H12.C9H16.C7H13NO.C5H10O4.2C4H10/c1-4-16(19)13-15(17(18)20)12-10-8-6-5-7-9-11-14(2)3;1-8-5-6-9-3-2-4-10(9)7-8;1-4-7-8-9(5-2)6-3;1-7(2,3)8-5-6-9-4;1-8-2-3-9-4-5(6)7;2*1-3-4-2/h5-7,9,12,14,16,19H,4,8,10-11,13H2,1-3H3,(H2,18,20);5-7H,2-4H2,1H3;5,8H,2,4,6-7H2,1,3H3;8H,1-4H3;2-4H2,1H3,(H,6,7);2*3-4H2,1-2H3/b6-5?,9-7-,15-12-;;9-8+;;;;. The summed E-state index contributed by atoms with van der Waals surface area (Å²) < 4.78 is 13.7. The molecule has 1 unspecified atom stereocenters. The van der Waals surface area contributed by atoms with Crippen LogP contribution in [0.3, 0.4) is 0 Å². The van der Waals surface area contributed by atoms with Gasteiger partial charge in [0.1, 0.15) is 12.7 Å². The minimum absolute atomic E-state index is 0.0472. The lowest BCUT2D eigenvalue weighted by atomic mass is 10.0. The lowest BCUT2D eigenvalue weighted by Gasteiger charge is -2.15. The number of hydrogen-bond acceptors (Lipinski definition) is 7. The van der Waals surface area contributed by atoms with Crippen molar-refractivity contribution in [2.24, 2.45) is 11.7 Å². The highest BCUT2D eigenvalue weighted by Gasteiger charge is 2.10. The van der Waals surface area contributed by atoms with Crippen molar-refractivity contribution in [2.75, 3.05) is 34.0 Å². The Bertz CT molecular complexity index is 1430. The zero-order valence-corrected chi connectivity index (χ0v) is 44.4. The van der Waals surface area contributed by atoms with Gasteiger partial charge in [-0.3, -0.25) is 4.79 Å². The highest BCUT2D eigenvalue weighted by Crippen LogP contribution is 2.22. The number of nitrogens with two attached hydrogens (primary N) is 1. The van der Waals surface area contributed by atoms with Gasteiger partial charge in [-0.25, -0.2) is 4.79 Å². The zero-order chi connectivity index (χ0) is 50.7. The molecular weight excluding hydrogens is 813 g/mol. The summed E-state index contributed by atoms with van der Waals surface area (Å²) in [6, 6.07) is 9.46. The fourth-order valence-corrected chi connectivity index (χ4v) is 4.61. The Morgan fingerprint density at radius 2 is 1.48 bits per heavy atom. The number of carbonyl (C=O) groups excluding carboxylic acids is 1. The number of unbranched alkanes of at least 4 members (excludes halogenated alkanes) is 4. The van der Waals surface area contributed by atoms with E-state index in [1.807, 2.05) is 45.9 Å². The van der Waals surface area contributed by atoms with Crippen molar-refractivity contribution in [3.8, 4) is 12.2 Å². The molecule has 9 heteroatoms. The molecule has 65 heavy (non-hydrogen) atoms. The summed E-state index contributed by atoms with van der Waals surface area (Å²) in [4.78, 5) is 21.0. The topological polar surface area (TPSA) is 140 Å². The number of aliphatic hydroxyl groups is 1. The van der Waals surface area contributed by atoms with Gasteiger partial charge in [-0.05, 0) is 103 Å². The maximum Gasteiger partial charge on any atom is 0.329 e. The van der Waals surface area contributed by atoms with Gasteiger partial charge in [-0.1, -0.05) is 173 Å². The summed E-state index contributed by atoms with van der Waals surface area (Å²) in [6.45, 7) is 31.9. The smallest absolute Gasteiger partial charge is 0.329 e. The Balaban J connectivity index is -0.000000230. The van der Waals surface area contributed by atoms with E-state index in [1.54, 1.807) is 11.1 Å². The van der Waals surface area contributed by atoms with E-state index >= 15 is 0 Å². The largest absolute Gasteiger partial charge is 0.480 e. The number of rotatable bonds is 21. The van der Waals surface area contributed by atoms with Crippen LogP contribution in [0.25, 0.3) is 0 Å². The van der Waals surface area contributed by atoms with Crippen LogP contribution in [0.4, 0.5) is 0 Å². The average Bonchev–Trinajstić information content (AvgIpc) is 3.74. The molecule has 0 saturated carbocycles. The number of methoxy groups -OCH3 is 2. The number of amides is 1. The summed E-state index contributed by atoms with van der Waals surface area (Å²) in [5.74, 6) is -0.699. The van der Waals surface area contributed by atoms with Crippen molar-refractivity contribution < 1.29 is 34.0 Å². The molecule has 1 aromatic rings. The van der Waals surface area contributed by atoms with Crippen molar-refractivity contribution in [1.82, 2.24) is 5.32 Å². The van der Waals surface area contributed by atoms with Crippen LogP contribution < -0.4 is 11.1 Å². The third-order valence-electron chi connectivity index (χ3n) is 8.83. The molecule has 1 aliphatic rings. The number of carboxylic acid groups (broad SMARTS) is 1. The minimum atomic E-state index is -0.953. The van der Waals surface area contributed by atoms with Gasteiger partial charge in [0.05, 0.1) is 26.4 Å². The van der Waals surface area contributed by atoms with E-state index < -0.39 is 18.0 Å². The Labute approximate surface area is 400 Å². The van der Waals surface area contributed by atoms with E-state index in [1.165, 1.54) is 83.1 Å². The number of ether oxygens (including phenoxy) is 3. The molecular formula is C56H100N2O7. The fourth-order valence-electron chi connectivity index (χ4n) is 4.61. The first-order valence-corrected chi connectivity index (χ1v) is 24.3. The van der Waals surface area contributed by atoms with Gasteiger partial charge < -0.3 is 35.5 Å². The van der Waals surface area contributed by atoms with Gasteiger partial charge in [0, 0.05) is 30.7 Å².